The Balaban J connectivity index is 2.86. The third-order valence-electron chi connectivity index (χ3n) is 4.35. The lowest BCUT2D eigenvalue weighted by Crippen LogP contribution is -2.69. The zero-order valence-electron chi connectivity index (χ0n) is 14.2. The van der Waals surface area contributed by atoms with Crippen molar-refractivity contribution >= 4 is 11.9 Å². The fourth-order valence-corrected chi connectivity index (χ4v) is 2.44. The van der Waals surface area contributed by atoms with Gasteiger partial charge in [-0.1, -0.05) is 20.8 Å². The van der Waals surface area contributed by atoms with Crippen molar-refractivity contribution < 1.29 is 19.1 Å². The zero-order valence-corrected chi connectivity index (χ0v) is 14.2. The van der Waals surface area contributed by atoms with Crippen molar-refractivity contribution in [1.82, 2.24) is 5.32 Å². The molecule has 0 aromatic rings. The standard InChI is InChI=1S/C16H29NO4/c1-7-15(10-20-12(18)14(4,5)6)11-21-13(19)16(8-2,9-3)17-15/h17H,7-11H2,1-6H3. The van der Waals surface area contributed by atoms with Crippen molar-refractivity contribution in [2.75, 3.05) is 13.2 Å². The van der Waals surface area contributed by atoms with Crippen LogP contribution in [0.3, 0.4) is 0 Å². The molecular weight excluding hydrogens is 270 g/mol. The summed E-state index contributed by atoms with van der Waals surface area (Å²) in [4.78, 5) is 24.1. The van der Waals surface area contributed by atoms with Crippen molar-refractivity contribution in [3.8, 4) is 0 Å². The molecule has 0 saturated carbocycles. The van der Waals surface area contributed by atoms with Gasteiger partial charge in [0.25, 0.3) is 0 Å². The first-order valence-corrected chi connectivity index (χ1v) is 7.78. The van der Waals surface area contributed by atoms with Crippen LogP contribution < -0.4 is 5.32 Å². The quantitative estimate of drug-likeness (QED) is 0.790. The highest BCUT2D eigenvalue weighted by Crippen LogP contribution is 2.29. The van der Waals surface area contributed by atoms with Gasteiger partial charge in [0.1, 0.15) is 18.8 Å². The Labute approximate surface area is 127 Å². The summed E-state index contributed by atoms with van der Waals surface area (Å²) < 4.78 is 10.9. The Morgan fingerprint density at radius 3 is 2.24 bits per heavy atom. The van der Waals surface area contributed by atoms with Crippen LogP contribution in [-0.2, 0) is 19.1 Å². The summed E-state index contributed by atoms with van der Waals surface area (Å²) in [6.45, 7) is 11.9. The number of morpholine rings is 1. The Morgan fingerprint density at radius 2 is 1.81 bits per heavy atom. The van der Waals surface area contributed by atoms with Crippen LogP contribution in [0.15, 0.2) is 0 Å². The van der Waals surface area contributed by atoms with Gasteiger partial charge < -0.3 is 9.47 Å². The summed E-state index contributed by atoms with van der Waals surface area (Å²) in [6.07, 6.45) is 2.02. The topological polar surface area (TPSA) is 64.6 Å². The van der Waals surface area contributed by atoms with Gasteiger partial charge in [0.2, 0.25) is 0 Å². The molecule has 0 aliphatic carbocycles. The Hall–Kier alpha value is -1.10. The van der Waals surface area contributed by atoms with Crippen LogP contribution in [-0.4, -0.2) is 36.2 Å². The SMILES string of the molecule is CCC1(COC(=O)C(C)(C)C)COC(=O)C(CC)(CC)N1. The average Bonchev–Trinajstić information content (AvgIpc) is 2.45. The molecule has 0 bridgehead atoms. The molecule has 1 atom stereocenters. The van der Waals surface area contributed by atoms with Crippen LogP contribution in [0.5, 0.6) is 0 Å². The Kier molecular flexibility index (Phi) is 5.42. The van der Waals surface area contributed by atoms with Gasteiger partial charge in [0.15, 0.2) is 0 Å². The first kappa shape index (κ1) is 18.0. The van der Waals surface area contributed by atoms with Gasteiger partial charge in [0.05, 0.1) is 11.0 Å². The number of esters is 2. The normalized spacial score (nSPS) is 25.3. The van der Waals surface area contributed by atoms with Crippen molar-refractivity contribution in [3.63, 3.8) is 0 Å². The number of carbonyl (C=O) groups excluding carboxylic acids is 2. The van der Waals surface area contributed by atoms with Crippen LogP contribution in [0.25, 0.3) is 0 Å². The fraction of sp³-hybridized carbons (Fsp3) is 0.875. The summed E-state index contributed by atoms with van der Waals surface area (Å²) in [5.74, 6) is -0.452. The van der Waals surface area contributed by atoms with E-state index in [0.29, 0.717) is 12.8 Å². The predicted octanol–water partition coefficient (Wildman–Crippen LogP) is 2.43. The molecule has 0 aromatic heterocycles. The lowest BCUT2D eigenvalue weighted by atomic mass is 9.84. The van der Waals surface area contributed by atoms with E-state index in [4.69, 9.17) is 9.47 Å². The number of hydrogen-bond donors (Lipinski definition) is 1. The van der Waals surface area contributed by atoms with Crippen LogP contribution in [0, 0.1) is 5.41 Å². The molecule has 1 heterocycles. The first-order valence-electron chi connectivity index (χ1n) is 7.78. The van der Waals surface area contributed by atoms with Gasteiger partial charge in [-0.2, -0.15) is 0 Å². The lowest BCUT2D eigenvalue weighted by molar-refractivity contribution is -0.171. The van der Waals surface area contributed by atoms with Crippen LogP contribution in [0.4, 0.5) is 0 Å². The first-order chi connectivity index (χ1) is 9.64. The van der Waals surface area contributed by atoms with E-state index in [1.54, 1.807) is 0 Å². The molecule has 1 aliphatic rings. The molecule has 0 radical (unpaired) electrons. The number of rotatable bonds is 5. The maximum absolute atomic E-state index is 12.1. The van der Waals surface area contributed by atoms with Crippen molar-refractivity contribution in [2.24, 2.45) is 5.41 Å². The summed E-state index contributed by atoms with van der Waals surface area (Å²) >= 11 is 0. The minimum absolute atomic E-state index is 0.210. The number of ether oxygens (including phenoxy) is 2. The van der Waals surface area contributed by atoms with E-state index in [-0.39, 0.29) is 25.2 Å². The molecular formula is C16H29NO4. The van der Waals surface area contributed by atoms with Gasteiger partial charge in [-0.3, -0.25) is 14.9 Å². The third-order valence-corrected chi connectivity index (χ3v) is 4.35. The molecule has 5 heteroatoms. The largest absolute Gasteiger partial charge is 0.463 e. The number of cyclic esters (lactones) is 1. The summed E-state index contributed by atoms with van der Waals surface area (Å²) in [7, 11) is 0. The molecule has 1 saturated heterocycles. The monoisotopic (exact) mass is 299 g/mol. The van der Waals surface area contributed by atoms with Crippen molar-refractivity contribution in [2.45, 2.75) is 71.9 Å². The molecule has 1 unspecified atom stereocenters. The second-order valence-electron chi connectivity index (χ2n) is 6.95. The number of hydrogen-bond acceptors (Lipinski definition) is 5. The van der Waals surface area contributed by atoms with E-state index in [1.807, 2.05) is 41.5 Å². The number of carbonyl (C=O) groups is 2. The second kappa shape index (κ2) is 6.34. The fourth-order valence-electron chi connectivity index (χ4n) is 2.44. The third kappa shape index (κ3) is 3.76. The van der Waals surface area contributed by atoms with E-state index in [0.717, 1.165) is 6.42 Å². The maximum atomic E-state index is 12.1. The molecule has 1 rings (SSSR count). The molecule has 5 nitrogen and oxygen atoms in total. The van der Waals surface area contributed by atoms with Crippen molar-refractivity contribution in [1.29, 1.82) is 0 Å². The van der Waals surface area contributed by atoms with E-state index in [2.05, 4.69) is 5.32 Å². The van der Waals surface area contributed by atoms with Gasteiger partial charge in [-0.25, -0.2) is 0 Å². The van der Waals surface area contributed by atoms with E-state index in [9.17, 15) is 9.59 Å². The van der Waals surface area contributed by atoms with Crippen LogP contribution in [0.1, 0.15) is 60.8 Å². The Morgan fingerprint density at radius 1 is 1.24 bits per heavy atom. The average molecular weight is 299 g/mol. The molecule has 0 spiro atoms. The molecule has 21 heavy (non-hydrogen) atoms. The van der Waals surface area contributed by atoms with Crippen molar-refractivity contribution in [3.05, 3.63) is 0 Å². The molecule has 122 valence electrons. The molecule has 0 amide bonds. The van der Waals surface area contributed by atoms with Crippen LogP contribution >= 0.6 is 0 Å². The minimum atomic E-state index is -0.678. The highest BCUT2D eigenvalue weighted by molar-refractivity contribution is 5.82. The lowest BCUT2D eigenvalue weighted by Gasteiger charge is -2.46. The van der Waals surface area contributed by atoms with Gasteiger partial charge in [0, 0.05) is 0 Å². The highest BCUT2D eigenvalue weighted by atomic mass is 16.6. The maximum Gasteiger partial charge on any atom is 0.326 e. The van der Waals surface area contributed by atoms with E-state index < -0.39 is 16.5 Å². The number of nitrogens with one attached hydrogen (secondary N) is 1. The van der Waals surface area contributed by atoms with Gasteiger partial charge >= 0.3 is 11.9 Å². The van der Waals surface area contributed by atoms with Gasteiger partial charge in [-0.05, 0) is 40.0 Å². The van der Waals surface area contributed by atoms with E-state index >= 15 is 0 Å². The molecule has 1 aliphatic heterocycles. The molecule has 0 aromatic carbocycles. The minimum Gasteiger partial charge on any atom is -0.463 e. The summed E-state index contributed by atoms with van der Waals surface area (Å²) in [5, 5.41) is 3.43. The molecule has 1 N–H and O–H groups in total. The van der Waals surface area contributed by atoms with Gasteiger partial charge in [-0.15, -0.1) is 0 Å². The van der Waals surface area contributed by atoms with E-state index in [1.165, 1.54) is 0 Å². The highest BCUT2D eigenvalue weighted by Gasteiger charge is 2.49. The predicted molar refractivity (Wildman–Crippen MR) is 80.8 cm³/mol. The van der Waals surface area contributed by atoms with Crippen LogP contribution in [0.2, 0.25) is 0 Å². The summed E-state index contributed by atoms with van der Waals surface area (Å²) in [5.41, 5.74) is -1.71. The molecule has 1 fully saturated rings. The summed E-state index contributed by atoms with van der Waals surface area (Å²) in [6, 6.07) is 0. The zero-order chi connectivity index (χ0) is 16.3. The smallest absolute Gasteiger partial charge is 0.326 e. The Bertz CT molecular complexity index is 396. The second-order valence-corrected chi connectivity index (χ2v) is 6.95.